The van der Waals surface area contributed by atoms with Gasteiger partial charge in [0, 0.05) is 10.0 Å². The molecule has 25 heavy (non-hydrogen) atoms. The number of carbonyl (C=O) groups is 2. The zero-order valence-corrected chi connectivity index (χ0v) is 15.8. The minimum atomic E-state index is -0.853. The molecule has 0 aliphatic carbocycles. The molecular formula is C19H19BrO5. The molecule has 5 nitrogen and oxygen atoms in total. The quantitative estimate of drug-likeness (QED) is 0.516. The summed E-state index contributed by atoms with van der Waals surface area (Å²) in [5.74, 6) is 0.392. The summed E-state index contributed by atoms with van der Waals surface area (Å²) in [5, 5.41) is 0. The lowest BCUT2D eigenvalue weighted by atomic mass is 10.1. The lowest BCUT2D eigenvalue weighted by Crippen LogP contribution is -2.25. The van der Waals surface area contributed by atoms with E-state index in [1.54, 1.807) is 56.5 Å². The van der Waals surface area contributed by atoms with Gasteiger partial charge in [0.05, 0.1) is 20.6 Å². The normalized spacial score (nSPS) is 11.5. The van der Waals surface area contributed by atoms with Crippen molar-refractivity contribution >= 4 is 27.7 Å². The average Bonchev–Trinajstić information content (AvgIpc) is 2.61. The molecule has 0 radical (unpaired) electrons. The maximum Gasteiger partial charge on any atom is 0.310 e. The average molecular weight is 407 g/mol. The van der Waals surface area contributed by atoms with E-state index in [1.165, 1.54) is 7.11 Å². The van der Waals surface area contributed by atoms with E-state index < -0.39 is 12.1 Å². The van der Waals surface area contributed by atoms with Gasteiger partial charge in [-0.1, -0.05) is 34.1 Å². The summed E-state index contributed by atoms with van der Waals surface area (Å²) in [5.41, 5.74) is 1.21. The summed E-state index contributed by atoms with van der Waals surface area (Å²) in [6.45, 7) is 1.57. The first-order valence-corrected chi connectivity index (χ1v) is 8.44. The van der Waals surface area contributed by atoms with E-state index in [0.29, 0.717) is 22.6 Å². The Morgan fingerprint density at radius 3 is 2.24 bits per heavy atom. The fraction of sp³-hybridized carbons (Fsp3) is 0.263. The third kappa shape index (κ3) is 5.06. The Balaban J connectivity index is 1.99. The van der Waals surface area contributed by atoms with Crippen LogP contribution in [0.25, 0.3) is 0 Å². The van der Waals surface area contributed by atoms with Crippen LogP contribution in [0.5, 0.6) is 11.5 Å². The number of benzene rings is 2. The maximum absolute atomic E-state index is 12.3. The highest BCUT2D eigenvalue weighted by Crippen LogP contribution is 2.27. The van der Waals surface area contributed by atoms with E-state index in [0.717, 1.165) is 4.47 Å². The molecule has 0 amide bonds. The van der Waals surface area contributed by atoms with Crippen LogP contribution in [0.4, 0.5) is 0 Å². The number of ether oxygens (including phenoxy) is 3. The Morgan fingerprint density at radius 1 is 1.00 bits per heavy atom. The molecular weight excluding hydrogens is 388 g/mol. The van der Waals surface area contributed by atoms with Crippen molar-refractivity contribution in [1.82, 2.24) is 0 Å². The Kier molecular flexibility index (Phi) is 6.58. The van der Waals surface area contributed by atoms with Gasteiger partial charge in [-0.15, -0.1) is 0 Å². The van der Waals surface area contributed by atoms with Crippen LogP contribution in [0, 0.1) is 0 Å². The standard InChI is InChI=1S/C19H19BrO5/c1-12(19(22)14-5-7-15(20)8-6-14)25-18(21)11-13-4-9-16(23-2)17(10-13)24-3/h4-10,12H,11H2,1-3H3/t12-/m0/s1. The molecule has 0 aliphatic rings. The molecule has 0 heterocycles. The van der Waals surface area contributed by atoms with Crippen LogP contribution in [0.15, 0.2) is 46.9 Å². The second-order valence-electron chi connectivity index (χ2n) is 5.37. The summed E-state index contributed by atoms with van der Waals surface area (Å²) in [7, 11) is 3.07. The molecule has 6 heteroatoms. The minimum absolute atomic E-state index is 0.0400. The highest BCUT2D eigenvalue weighted by Gasteiger charge is 2.20. The molecule has 132 valence electrons. The van der Waals surface area contributed by atoms with E-state index in [1.807, 2.05) is 0 Å². The third-order valence-electron chi connectivity index (χ3n) is 3.60. The van der Waals surface area contributed by atoms with Crippen LogP contribution >= 0.6 is 15.9 Å². The summed E-state index contributed by atoms with van der Waals surface area (Å²) >= 11 is 3.32. The molecule has 0 saturated carbocycles. The minimum Gasteiger partial charge on any atom is -0.493 e. The van der Waals surface area contributed by atoms with Crippen LogP contribution in [0.1, 0.15) is 22.8 Å². The molecule has 0 aliphatic heterocycles. The van der Waals surface area contributed by atoms with Crippen molar-refractivity contribution in [3.63, 3.8) is 0 Å². The molecule has 0 spiro atoms. The van der Waals surface area contributed by atoms with Crippen molar-refractivity contribution in [1.29, 1.82) is 0 Å². The van der Waals surface area contributed by atoms with Crippen molar-refractivity contribution in [3.05, 3.63) is 58.1 Å². The van der Waals surface area contributed by atoms with Crippen LogP contribution in [-0.4, -0.2) is 32.1 Å². The second-order valence-corrected chi connectivity index (χ2v) is 6.29. The SMILES string of the molecule is COc1ccc(CC(=O)O[C@@H](C)C(=O)c2ccc(Br)cc2)cc1OC. The fourth-order valence-corrected chi connectivity index (χ4v) is 2.56. The van der Waals surface area contributed by atoms with E-state index in [2.05, 4.69) is 15.9 Å². The van der Waals surface area contributed by atoms with E-state index in [4.69, 9.17) is 14.2 Å². The number of ketones is 1. The molecule has 0 bridgehead atoms. The van der Waals surface area contributed by atoms with Gasteiger partial charge in [0.2, 0.25) is 5.78 Å². The largest absolute Gasteiger partial charge is 0.493 e. The second kappa shape index (κ2) is 8.67. The number of hydrogen-bond acceptors (Lipinski definition) is 5. The fourth-order valence-electron chi connectivity index (χ4n) is 2.30. The first kappa shape index (κ1) is 19.0. The molecule has 2 aromatic rings. The number of halogens is 1. The predicted molar refractivity (Wildman–Crippen MR) is 97.3 cm³/mol. The van der Waals surface area contributed by atoms with Gasteiger partial charge in [0.25, 0.3) is 0 Å². The summed E-state index contributed by atoms with van der Waals surface area (Å²) in [6.07, 6.45) is -0.813. The van der Waals surface area contributed by atoms with E-state index in [-0.39, 0.29) is 12.2 Å². The number of rotatable bonds is 7. The summed E-state index contributed by atoms with van der Waals surface area (Å²) in [6, 6.07) is 12.1. The Labute approximate surface area is 155 Å². The number of esters is 1. The number of Topliss-reactive ketones (excluding diaryl/α,β-unsaturated/α-hetero) is 1. The van der Waals surface area contributed by atoms with Gasteiger partial charge in [-0.25, -0.2) is 0 Å². The number of hydrogen-bond donors (Lipinski definition) is 0. The van der Waals surface area contributed by atoms with Crippen molar-refractivity contribution < 1.29 is 23.8 Å². The van der Waals surface area contributed by atoms with Crippen LogP contribution < -0.4 is 9.47 Å². The highest BCUT2D eigenvalue weighted by molar-refractivity contribution is 9.10. The predicted octanol–water partition coefficient (Wildman–Crippen LogP) is 3.82. The third-order valence-corrected chi connectivity index (χ3v) is 4.13. The Bertz CT molecular complexity index is 755. The van der Waals surface area contributed by atoms with E-state index >= 15 is 0 Å². The lowest BCUT2D eigenvalue weighted by molar-refractivity contribution is -0.145. The molecule has 2 aromatic carbocycles. The van der Waals surface area contributed by atoms with Gasteiger partial charge < -0.3 is 14.2 Å². The molecule has 0 unspecified atom stereocenters. The van der Waals surface area contributed by atoms with Gasteiger partial charge in [-0.05, 0) is 36.8 Å². The smallest absolute Gasteiger partial charge is 0.310 e. The summed E-state index contributed by atoms with van der Waals surface area (Å²) < 4.78 is 16.5. The zero-order valence-electron chi connectivity index (χ0n) is 14.2. The first-order valence-electron chi connectivity index (χ1n) is 7.64. The maximum atomic E-state index is 12.3. The van der Waals surface area contributed by atoms with Gasteiger partial charge in [0.15, 0.2) is 17.6 Å². The molecule has 0 N–H and O–H groups in total. The van der Waals surface area contributed by atoms with Gasteiger partial charge in [-0.2, -0.15) is 0 Å². The molecule has 0 fully saturated rings. The molecule has 0 saturated heterocycles. The Hall–Kier alpha value is -2.34. The van der Waals surface area contributed by atoms with Gasteiger partial charge in [-0.3, -0.25) is 9.59 Å². The van der Waals surface area contributed by atoms with E-state index in [9.17, 15) is 9.59 Å². The van der Waals surface area contributed by atoms with Crippen molar-refractivity contribution in [2.24, 2.45) is 0 Å². The first-order chi connectivity index (χ1) is 11.9. The van der Waals surface area contributed by atoms with Gasteiger partial charge in [0.1, 0.15) is 0 Å². The van der Waals surface area contributed by atoms with Gasteiger partial charge >= 0.3 is 5.97 Å². The lowest BCUT2D eigenvalue weighted by Gasteiger charge is -2.13. The van der Waals surface area contributed by atoms with Crippen molar-refractivity contribution in [2.45, 2.75) is 19.4 Å². The molecule has 2 rings (SSSR count). The number of carbonyl (C=O) groups excluding carboxylic acids is 2. The van der Waals surface area contributed by atoms with Crippen molar-refractivity contribution in [2.75, 3.05) is 14.2 Å². The van der Waals surface area contributed by atoms with Crippen LogP contribution in [0.2, 0.25) is 0 Å². The highest BCUT2D eigenvalue weighted by atomic mass is 79.9. The van der Waals surface area contributed by atoms with Crippen LogP contribution in [-0.2, 0) is 16.0 Å². The molecule has 0 aromatic heterocycles. The number of methoxy groups -OCH3 is 2. The zero-order chi connectivity index (χ0) is 18.4. The topological polar surface area (TPSA) is 61.8 Å². The Morgan fingerprint density at radius 2 is 1.64 bits per heavy atom. The monoisotopic (exact) mass is 406 g/mol. The molecule has 1 atom stereocenters. The summed E-state index contributed by atoms with van der Waals surface area (Å²) in [4.78, 5) is 24.4. The van der Waals surface area contributed by atoms with Crippen LogP contribution in [0.3, 0.4) is 0 Å². The van der Waals surface area contributed by atoms with Crippen molar-refractivity contribution in [3.8, 4) is 11.5 Å².